The first-order valence-corrected chi connectivity index (χ1v) is 18.1. The highest BCUT2D eigenvalue weighted by molar-refractivity contribution is 7.26. The van der Waals surface area contributed by atoms with E-state index in [1.807, 2.05) is 17.4 Å². The summed E-state index contributed by atoms with van der Waals surface area (Å²) in [4.78, 5) is 2.41. The van der Waals surface area contributed by atoms with E-state index in [1.54, 1.807) is 0 Å². The summed E-state index contributed by atoms with van der Waals surface area (Å²) in [6.07, 6.45) is 0. The fourth-order valence-corrected chi connectivity index (χ4v) is 8.57. The van der Waals surface area contributed by atoms with Crippen LogP contribution in [0.1, 0.15) is 0 Å². The van der Waals surface area contributed by atoms with E-state index in [2.05, 4.69) is 187 Å². The summed E-state index contributed by atoms with van der Waals surface area (Å²) in [5, 5.41) is 4.63. The zero-order chi connectivity index (χ0) is 33.7. The van der Waals surface area contributed by atoms with E-state index in [1.165, 1.54) is 53.6 Å². The van der Waals surface area contributed by atoms with Gasteiger partial charge in [0.25, 0.3) is 0 Å². The Hall–Kier alpha value is -6.42. The van der Waals surface area contributed by atoms with E-state index in [9.17, 15) is 0 Å². The van der Waals surface area contributed by atoms with Gasteiger partial charge in [-0.05, 0) is 75.8 Å². The van der Waals surface area contributed by atoms with Crippen LogP contribution in [0.5, 0.6) is 0 Å². The van der Waals surface area contributed by atoms with Crippen molar-refractivity contribution in [1.82, 2.24) is 0 Å². The van der Waals surface area contributed by atoms with Crippen LogP contribution in [-0.4, -0.2) is 0 Å². The fraction of sp³-hybridized carbons (Fsp3) is 0. The van der Waals surface area contributed by atoms with E-state index in [4.69, 9.17) is 4.42 Å². The molecule has 0 aliphatic carbocycles. The number of rotatable bonds is 6. The van der Waals surface area contributed by atoms with Crippen molar-refractivity contribution < 1.29 is 4.42 Å². The second kappa shape index (κ2) is 12.2. The third kappa shape index (κ3) is 5.10. The standard InChI is InChI=1S/C48H31NOS/c1-3-11-32(12-4-1)34-19-21-35(22-20-34)37-25-29-39(30-26-37)49(38-27-23-36(24-28-38)33-13-5-2-6-14-33)43-31-42-40-15-7-9-17-44(40)50-47(42)46-41-16-8-10-18-45(41)51-48(43)46/h1-31H. The van der Waals surface area contributed by atoms with E-state index >= 15 is 0 Å². The molecule has 0 N–H and O–H groups in total. The van der Waals surface area contributed by atoms with Gasteiger partial charge in [0.15, 0.2) is 0 Å². The minimum absolute atomic E-state index is 0.905. The van der Waals surface area contributed by atoms with Gasteiger partial charge in [-0.15, -0.1) is 11.3 Å². The lowest BCUT2D eigenvalue weighted by Gasteiger charge is -2.27. The lowest BCUT2D eigenvalue weighted by Crippen LogP contribution is -2.10. The molecular weight excluding hydrogens is 639 g/mol. The molecule has 2 heterocycles. The molecule has 2 nitrogen and oxygen atoms in total. The molecule has 0 bridgehead atoms. The highest BCUT2D eigenvalue weighted by Crippen LogP contribution is 2.50. The summed E-state index contributed by atoms with van der Waals surface area (Å²) in [5.74, 6) is 0. The molecule has 10 aromatic rings. The van der Waals surface area contributed by atoms with Gasteiger partial charge >= 0.3 is 0 Å². The number of hydrogen-bond acceptors (Lipinski definition) is 3. The molecule has 0 aliphatic heterocycles. The van der Waals surface area contributed by atoms with Crippen LogP contribution in [0.4, 0.5) is 17.1 Å². The molecule has 0 saturated heterocycles. The molecule has 0 unspecified atom stereocenters. The van der Waals surface area contributed by atoms with Crippen LogP contribution in [0.2, 0.25) is 0 Å². The van der Waals surface area contributed by atoms with Crippen molar-refractivity contribution in [3.63, 3.8) is 0 Å². The average molecular weight is 670 g/mol. The lowest BCUT2D eigenvalue weighted by atomic mass is 10.00. The van der Waals surface area contributed by atoms with Crippen molar-refractivity contribution in [3.8, 4) is 33.4 Å². The summed E-state index contributed by atoms with van der Waals surface area (Å²) in [5.41, 5.74) is 12.4. The third-order valence-electron chi connectivity index (χ3n) is 9.89. The molecule has 0 fully saturated rings. The van der Waals surface area contributed by atoms with Crippen LogP contribution >= 0.6 is 11.3 Å². The highest BCUT2D eigenvalue weighted by atomic mass is 32.1. The number of hydrogen-bond donors (Lipinski definition) is 0. The molecule has 0 aliphatic rings. The maximum atomic E-state index is 6.63. The Morgan fingerprint density at radius 3 is 1.41 bits per heavy atom. The largest absolute Gasteiger partial charge is 0.455 e. The summed E-state index contributed by atoms with van der Waals surface area (Å²) in [7, 11) is 0. The molecule has 240 valence electrons. The Kier molecular flexibility index (Phi) is 7.04. The SMILES string of the molecule is c1ccc(-c2ccc(-c3ccc(N(c4ccc(-c5ccccc5)cc4)c4cc5c6ccccc6oc5c5c4sc4ccccc45)cc3)cc2)cc1. The monoisotopic (exact) mass is 669 g/mol. The van der Waals surface area contributed by atoms with Crippen LogP contribution in [0.25, 0.3) is 75.5 Å². The first-order chi connectivity index (χ1) is 25.3. The Morgan fingerprint density at radius 1 is 0.392 bits per heavy atom. The number of benzene rings is 8. The number of anilines is 3. The first-order valence-electron chi connectivity index (χ1n) is 17.3. The van der Waals surface area contributed by atoms with Gasteiger partial charge in [0, 0.05) is 37.6 Å². The Balaban J connectivity index is 1.16. The normalized spacial score (nSPS) is 11.5. The minimum Gasteiger partial charge on any atom is -0.455 e. The van der Waals surface area contributed by atoms with Gasteiger partial charge in [0.2, 0.25) is 0 Å². The predicted octanol–water partition coefficient (Wildman–Crippen LogP) is 14.4. The number of nitrogens with zero attached hydrogens (tertiary/aromatic N) is 1. The molecule has 0 saturated carbocycles. The molecule has 51 heavy (non-hydrogen) atoms. The molecule has 2 aromatic heterocycles. The van der Waals surface area contributed by atoms with Crippen molar-refractivity contribution in [2.45, 2.75) is 0 Å². The number of para-hydroxylation sites is 1. The molecule has 10 rings (SSSR count). The van der Waals surface area contributed by atoms with E-state index in [0.29, 0.717) is 0 Å². The van der Waals surface area contributed by atoms with E-state index in [-0.39, 0.29) is 0 Å². The highest BCUT2D eigenvalue weighted by Gasteiger charge is 2.23. The van der Waals surface area contributed by atoms with Crippen LogP contribution in [-0.2, 0) is 0 Å². The van der Waals surface area contributed by atoms with Crippen LogP contribution in [0.3, 0.4) is 0 Å². The molecule has 0 spiro atoms. The molecule has 8 aromatic carbocycles. The quantitative estimate of drug-likeness (QED) is 0.175. The van der Waals surface area contributed by atoms with Crippen molar-refractivity contribution >= 4 is 70.5 Å². The topological polar surface area (TPSA) is 16.4 Å². The zero-order valence-corrected chi connectivity index (χ0v) is 28.5. The molecule has 0 atom stereocenters. The van der Waals surface area contributed by atoms with Crippen molar-refractivity contribution in [1.29, 1.82) is 0 Å². The minimum atomic E-state index is 0.905. The molecular formula is C48H31NOS. The van der Waals surface area contributed by atoms with Crippen LogP contribution in [0, 0.1) is 0 Å². The summed E-state index contributed by atoms with van der Waals surface area (Å²) < 4.78 is 9.08. The second-order valence-corrected chi connectivity index (χ2v) is 14.0. The second-order valence-electron chi connectivity index (χ2n) is 12.9. The predicted molar refractivity (Wildman–Crippen MR) is 218 cm³/mol. The number of thiophene rings is 1. The van der Waals surface area contributed by atoms with Gasteiger partial charge in [-0.2, -0.15) is 0 Å². The van der Waals surface area contributed by atoms with Crippen LogP contribution < -0.4 is 4.90 Å². The Labute approximate surface area is 300 Å². The van der Waals surface area contributed by atoms with Gasteiger partial charge in [0.05, 0.1) is 10.4 Å². The van der Waals surface area contributed by atoms with E-state index < -0.39 is 0 Å². The van der Waals surface area contributed by atoms with Gasteiger partial charge in [-0.25, -0.2) is 0 Å². The summed E-state index contributed by atoms with van der Waals surface area (Å²) in [6.45, 7) is 0. The van der Waals surface area contributed by atoms with Gasteiger partial charge in [-0.1, -0.05) is 146 Å². The number of fused-ring (bicyclic) bond motifs is 7. The van der Waals surface area contributed by atoms with Gasteiger partial charge in [-0.3, -0.25) is 0 Å². The summed E-state index contributed by atoms with van der Waals surface area (Å²) >= 11 is 1.83. The average Bonchev–Trinajstić information content (AvgIpc) is 3.78. The van der Waals surface area contributed by atoms with E-state index in [0.717, 1.165) is 39.0 Å². The van der Waals surface area contributed by atoms with Crippen molar-refractivity contribution in [2.24, 2.45) is 0 Å². The Morgan fingerprint density at radius 2 is 0.843 bits per heavy atom. The van der Waals surface area contributed by atoms with Gasteiger partial charge < -0.3 is 9.32 Å². The van der Waals surface area contributed by atoms with Crippen LogP contribution in [0.15, 0.2) is 192 Å². The van der Waals surface area contributed by atoms with Crippen molar-refractivity contribution in [2.75, 3.05) is 4.90 Å². The maximum absolute atomic E-state index is 6.63. The Bertz CT molecular complexity index is 2810. The van der Waals surface area contributed by atoms with Gasteiger partial charge in [0.1, 0.15) is 11.2 Å². The van der Waals surface area contributed by atoms with Crippen molar-refractivity contribution in [3.05, 3.63) is 188 Å². The number of furan rings is 1. The molecule has 3 heteroatoms. The molecule has 0 amide bonds. The maximum Gasteiger partial charge on any atom is 0.144 e. The zero-order valence-electron chi connectivity index (χ0n) is 27.7. The fourth-order valence-electron chi connectivity index (χ4n) is 7.36. The third-order valence-corrected chi connectivity index (χ3v) is 11.1. The summed E-state index contributed by atoms with van der Waals surface area (Å²) in [6, 6.07) is 67.3. The smallest absolute Gasteiger partial charge is 0.144 e. The molecule has 0 radical (unpaired) electrons. The lowest BCUT2D eigenvalue weighted by molar-refractivity contribution is 0.673. The first kappa shape index (κ1) is 29.5.